The highest BCUT2D eigenvalue weighted by Gasteiger charge is 2.05. The van der Waals surface area contributed by atoms with Gasteiger partial charge in [0.2, 0.25) is 0 Å². The molecule has 0 spiro atoms. The van der Waals surface area contributed by atoms with E-state index >= 15 is 0 Å². The maximum absolute atomic E-state index is 13.1. The van der Waals surface area contributed by atoms with Gasteiger partial charge < -0.3 is 9.84 Å². The average Bonchev–Trinajstić information content (AvgIpc) is 2.77. The van der Waals surface area contributed by atoms with Crippen molar-refractivity contribution in [2.45, 2.75) is 13.1 Å². The fourth-order valence-electron chi connectivity index (χ4n) is 1.34. The van der Waals surface area contributed by atoms with Gasteiger partial charge in [-0.2, -0.15) is 0 Å². The van der Waals surface area contributed by atoms with Gasteiger partial charge in [-0.3, -0.25) is 0 Å². The topological polar surface area (TPSA) is 38.1 Å². The third kappa shape index (κ3) is 2.59. The zero-order chi connectivity index (χ0) is 11.4. The maximum atomic E-state index is 13.1. The maximum Gasteiger partial charge on any atom is 0.142 e. The highest BCUT2D eigenvalue weighted by molar-refractivity contribution is 6.31. The summed E-state index contributed by atoms with van der Waals surface area (Å²) in [6.07, 6.45) is 1.51. The third-order valence-corrected chi connectivity index (χ3v) is 2.57. The van der Waals surface area contributed by atoms with Crippen LogP contribution >= 0.6 is 11.6 Å². The minimum atomic E-state index is -0.401. The van der Waals surface area contributed by atoms with Crippen LogP contribution in [0.3, 0.4) is 0 Å². The SMILES string of the molecule is Fc1cccc(CNCc2ccon2)c1Cl. The second kappa shape index (κ2) is 5.09. The predicted molar refractivity (Wildman–Crippen MR) is 58.5 cm³/mol. The highest BCUT2D eigenvalue weighted by atomic mass is 35.5. The van der Waals surface area contributed by atoms with E-state index < -0.39 is 5.82 Å². The number of aromatic nitrogens is 1. The van der Waals surface area contributed by atoms with E-state index in [4.69, 9.17) is 11.6 Å². The van der Waals surface area contributed by atoms with Crippen molar-refractivity contribution in [1.29, 1.82) is 0 Å². The van der Waals surface area contributed by atoms with E-state index in [1.54, 1.807) is 18.2 Å². The monoisotopic (exact) mass is 240 g/mol. The van der Waals surface area contributed by atoms with Gasteiger partial charge in [-0.15, -0.1) is 0 Å². The second-order valence-electron chi connectivity index (χ2n) is 3.31. The van der Waals surface area contributed by atoms with Crippen LogP contribution in [0.5, 0.6) is 0 Å². The number of hydrogen-bond donors (Lipinski definition) is 1. The molecule has 0 atom stereocenters. The Labute approximate surface area is 97.2 Å². The molecule has 0 fully saturated rings. The van der Waals surface area contributed by atoms with Gasteiger partial charge in [0.25, 0.3) is 0 Å². The summed E-state index contributed by atoms with van der Waals surface area (Å²) in [5, 5.41) is 7.00. The molecule has 0 unspecified atom stereocenters. The standard InChI is InChI=1S/C11H10ClFN2O/c12-11-8(2-1-3-10(11)13)6-14-7-9-4-5-16-15-9/h1-5,14H,6-7H2. The van der Waals surface area contributed by atoms with Crippen LogP contribution in [0.4, 0.5) is 4.39 Å². The van der Waals surface area contributed by atoms with Crippen LogP contribution in [-0.2, 0) is 13.1 Å². The molecule has 0 amide bonds. The molecule has 0 bridgehead atoms. The molecule has 0 aliphatic heterocycles. The van der Waals surface area contributed by atoms with Gasteiger partial charge in [0.15, 0.2) is 0 Å². The Morgan fingerprint density at radius 2 is 2.19 bits per heavy atom. The lowest BCUT2D eigenvalue weighted by molar-refractivity contribution is 0.408. The lowest BCUT2D eigenvalue weighted by Gasteiger charge is -2.05. The van der Waals surface area contributed by atoms with Crippen LogP contribution in [0, 0.1) is 5.82 Å². The molecule has 1 heterocycles. The highest BCUT2D eigenvalue weighted by Crippen LogP contribution is 2.19. The Balaban J connectivity index is 1.92. The fourth-order valence-corrected chi connectivity index (χ4v) is 1.53. The first-order chi connectivity index (χ1) is 7.77. The minimum Gasteiger partial charge on any atom is -0.364 e. The summed E-state index contributed by atoms with van der Waals surface area (Å²) in [7, 11) is 0. The van der Waals surface area contributed by atoms with E-state index in [2.05, 4.69) is 15.0 Å². The summed E-state index contributed by atoms with van der Waals surface area (Å²) in [6.45, 7) is 1.05. The van der Waals surface area contributed by atoms with Crippen LogP contribution in [0.1, 0.15) is 11.3 Å². The summed E-state index contributed by atoms with van der Waals surface area (Å²) in [6, 6.07) is 6.51. The molecule has 0 radical (unpaired) electrons. The first-order valence-electron chi connectivity index (χ1n) is 4.80. The summed E-state index contributed by atoms with van der Waals surface area (Å²) in [4.78, 5) is 0. The molecule has 2 rings (SSSR count). The van der Waals surface area contributed by atoms with E-state index in [9.17, 15) is 4.39 Å². The zero-order valence-corrected chi connectivity index (χ0v) is 9.17. The quantitative estimate of drug-likeness (QED) is 0.893. The molecule has 0 aliphatic carbocycles. The number of hydrogen-bond acceptors (Lipinski definition) is 3. The van der Waals surface area contributed by atoms with Crippen LogP contribution < -0.4 is 5.32 Å². The van der Waals surface area contributed by atoms with Crippen molar-refractivity contribution in [3.63, 3.8) is 0 Å². The molecule has 5 heteroatoms. The lowest BCUT2D eigenvalue weighted by Crippen LogP contribution is -2.13. The smallest absolute Gasteiger partial charge is 0.142 e. The Morgan fingerprint density at radius 3 is 2.94 bits per heavy atom. The first kappa shape index (κ1) is 11.1. The van der Waals surface area contributed by atoms with Crippen molar-refractivity contribution in [1.82, 2.24) is 10.5 Å². The molecule has 0 aliphatic rings. The molecule has 1 aromatic carbocycles. The van der Waals surface area contributed by atoms with Crippen LogP contribution in [0.15, 0.2) is 35.1 Å². The fraction of sp³-hybridized carbons (Fsp3) is 0.182. The Kier molecular flexibility index (Phi) is 3.54. The van der Waals surface area contributed by atoms with Gasteiger partial charge in [0.05, 0.1) is 10.7 Å². The zero-order valence-electron chi connectivity index (χ0n) is 8.41. The van der Waals surface area contributed by atoms with Crippen molar-refractivity contribution >= 4 is 11.6 Å². The van der Waals surface area contributed by atoms with Crippen LogP contribution in [-0.4, -0.2) is 5.16 Å². The number of rotatable bonds is 4. The number of nitrogens with zero attached hydrogens (tertiary/aromatic N) is 1. The van der Waals surface area contributed by atoms with Gasteiger partial charge >= 0.3 is 0 Å². The molecule has 0 saturated carbocycles. The molecule has 16 heavy (non-hydrogen) atoms. The summed E-state index contributed by atoms with van der Waals surface area (Å²) in [5.74, 6) is -0.401. The Hall–Kier alpha value is -1.39. The van der Waals surface area contributed by atoms with Gasteiger partial charge in [-0.25, -0.2) is 4.39 Å². The van der Waals surface area contributed by atoms with Crippen molar-refractivity contribution < 1.29 is 8.91 Å². The van der Waals surface area contributed by atoms with Crippen molar-refractivity contribution in [2.75, 3.05) is 0 Å². The molecular formula is C11H10ClFN2O. The lowest BCUT2D eigenvalue weighted by atomic mass is 10.2. The van der Waals surface area contributed by atoms with Crippen molar-refractivity contribution in [3.05, 3.63) is 52.6 Å². The van der Waals surface area contributed by atoms with E-state index in [1.165, 1.54) is 12.3 Å². The Bertz CT molecular complexity index is 459. The average molecular weight is 241 g/mol. The molecule has 1 aromatic heterocycles. The van der Waals surface area contributed by atoms with E-state index in [1.807, 2.05) is 0 Å². The largest absolute Gasteiger partial charge is 0.364 e. The van der Waals surface area contributed by atoms with Crippen LogP contribution in [0.2, 0.25) is 5.02 Å². The minimum absolute atomic E-state index is 0.162. The number of halogens is 2. The summed E-state index contributed by atoms with van der Waals surface area (Å²) in [5.41, 5.74) is 1.53. The third-order valence-electron chi connectivity index (χ3n) is 2.14. The van der Waals surface area contributed by atoms with E-state index in [0.717, 1.165) is 11.3 Å². The van der Waals surface area contributed by atoms with Gasteiger partial charge in [-0.1, -0.05) is 28.9 Å². The van der Waals surface area contributed by atoms with E-state index in [0.29, 0.717) is 13.1 Å². The summed E-state index contributed by atoms with van der Waals surface area (Å²) >= 11 is 5.80. The van der Waals surface area contributed by atoms with Crippen molar-refractivity contribution in [2.24, 2.45) is 0 Å². The molecular weight excluding hydrogens is 231 g/mol. The van der Waals surface area contributed by atoms with Crippen LogP contribution in [0.25, 0.3) is 0 Å². The normalized spacial score (nSPS) is 10.6. The number of benzene rings is 1. The van der Waals surface area contributed by atoms with Gasteiger partial charge in [0.1, 0.15) is 12.1 Å². The molecule has 2 aromatic rings. The van der Waals surface area contributed by atoms with Gasteiger partial charge in [0, 0.05) is 19.2 Å². The molecule has 3 nitrogen and oxygen atoms in total. The van der Waals surface area contributed by atoms with Gasteiger partial charge in [-0.05, 0) is 11.6 Å². The summed E-state index contributed by atoms with van der Waals surface area (Å²) < 4.78 is 17.8. The van der Waals surface area contributed by atoms with E-state index in [-0.39, 0.29) is 5.02 Å². The predicted octanol–water partition coefficient (Wildman–Crippen LogP) is 2.76. The second-order valence-corrected chi connectivity index (χ2v) is 3.69. The Morgan fingerprint density at radius 1 is 1.31 bits per heavy atom. The number of nitrogens with one attached hydrogen (secondary N) is 1. The molecule has 1 N–H and O–H groups in total. The van der Waals surface area contributed by atoms with Crippen molar-refractivity contribution in [3.8, 4) is 0 Å². The molecule has 84 valence electrons. The molecule has 0 saturated heterocycles. The first-order valence-corrected chi connectivity index (χ1v) is 5.18.